The summed E-state index contributed by atoms with van der Waals surface area (Å²) < 4.78 is 13.5. The van der Waals surface area contributed by atoms with E-state index in [-0.39, 0.29) is 5.92 Å². The van der Waals surface area contributed by atoms with E-state index in [9.17, 15) is 0 Å². The Morgan fingerprint density at radius 1 is 0.971 bits per heavy atom. The highest BCUT2D eigenvalue weighted by molar-refractivity contribution is 5.64. The minimum Gasteiger partial charge on any atom is -0.496 e. The molecule has 0 radical (unpaired) electrons. The fraction of sp³-hybridized carbons (Fsp3) is 0.370. The maximum absolute atomic E-state index is 5.71. The fourth-order valence-corrected chi connectivity index (χ4v) is 5.28. The summed E-state index contributed by atoms with van der Waals surface area (Å²) in [5, 5.41) is 0. The third-order valence-corrected chi connectivity index (χ3v) is 6.96. The summed E-state index contributed by atoms with van der Waals surface area (Å²) in [6, 6.07) is 12.6. The predicted octanol–water partition coefficient (Wildman–Crippen LogP) is 4.49. The maximum Gasteiger partial charge on any atom is 0.225 e. The monoisotopic (exact) mass is 455 g/mol. The van der Waals surface area contributed by atoms with Crippen molar-refractivity contribution in [1.29, 1.82) is 0 Å². The van der Waals surface area contributed by atoms with Gasteiger partial charge in [0.1, 0.15) is 11.4 Å². The van der Waals surface area contributed by atoms with Crippen LogP contribution >= 0.6 is 0 Å². The Kier molecular flexibility index (Phi) is 5.63. The molecule has 6 rings (SSSR count). The van der Waals surface area contributed by atoms with Crippen LogP contribution in [0, 0.1) is 0 Å². The van der Waals surface area contributed by atoms with Gasteiger partial charge in [-0.05, 0) is 43.9 Å². The highest BCUT2D eigenvalue weighted by Gasteiger charge is 2.29. The molecule has 4 heterocycles. The number of hydrogen-bond donors (Lipinski definition) is 0. The first-order chi connectivity index (χ1) is 16.8. The van der Waals surface area contributed by atoms with Gasteiger partial charge in [-0.1, -0.05) is 18.2 Å². The van der Waals surface area contributed by atoms with Crippen LogP contribution in [0.4, 0.5) is 5.95 Å². The summed E-state index contributed by atoms with van der Waals surface area (Å²) in [5.74, 6) is 1.97. The van der Waals surface area contributed by atoms with Gasteiger partial charge in [0.25, 0.3) is 0 Å². The second kappa shape index (κ2) is 9.06. The van der Waals surface area contributed by atoms with Crippen LogP contribution in [-0.2, 0) is 11.2 Å². The van der Waals surface area contributed by atoms with Crippen molar-refractivity contribution in [3.05, 3.63) is 71.9 Å². The number of imidazole rings is 1. The molecule has 1 saturated heterocycles. The summed E-state index contributed by atoms with van der Waals surface area (Å²) in [5.41, 5.74) is 6.76. The number of aryl methyl sites for hydroxylation is 1. The number of para-hydroxylation sites is 1. The Balaban J connectivity index is 1.37. The van der Waals surface area contributed by atoms with E-state index in [1.807, 2.05) is 24.5 Å². The second-order valence-electron chi connectivity index (χ2n) is 9.00. The first kappa shape index (κ1) is 21.1. The number of methoxy groups -OCH3 is 1. The van der Waals surface area contributed by atoms with Crippen molar-refractivity contribution < 1.29 is 9.47 Å². The number of rotatable bonds is 4. The van der Waals surface area contributed by atoms with Crippen LogP contribution in [0.2, 0.25) is 0 Å². The molecule has 1 aromatic carbocycles. The quantitative estimate of drug-likeness (QED) is 0.452. The van der Waals surface area contributed by atoms with Crippen LogP contribution in [0.1, 0.15) is 42.1 Å². The average Bonchev–Trinajstić information content (AvgIpc) is 3.06. The van der Waals surface area contributed by atoms with Crippen LogP contribution in [-0.4, -0.2) is 52.8 Å². The Bertz CT molecular complexity index is 1290. The molecule has 1 aliphatic heterocycles. The molecular weight excluding hydrogens is 426 g/mol. The standard InChI is InChI=1S/C27H29N5O2/c1-33-24-9-3-2-6-21(24)22-7-4-8-23-26(22)32-18-19(10-11-25(32)30-23)20-16-28-27(29-17-20)31-12-5-14-34-15-13-31/h2-3,6,9-11,16-18,22H,4-5,7-8,12-15H2,1H3. The van der Waals surface area contributed by atoms with E-state index in [2.05, 4.69) is 49.7 Å². The van der Waals surface area contributed by atoms with E-state index in [4.69, 9.17) is 14.5 Å². The Labute approximate surface area is 199 Å². The fourth-order valence-electron chi connectivity index (χ4n) is 5.28. The van der Waals surface area contributed by atoms with E-state index in [0.717, 1.165) is 80.5 Å². The molecule has 7 nitrogen and oxygen atoms in total. The van der Waals surface area contributed by atoms with Gasteiger partial charge in [-0.3, -0.25) is 0 Å². The van der Waals surface area contributed by atoms with Gasteiger partial charge in [-0.25, -0.2) is 15.0 Å². The van der Waals surface area contributed by atoms with Crippen molar-refractivity contribution in [3.63, 3.8) is 0 Å². The molecule has 1 unspecified atom stereocenters. The Morgan fingerprint density at radius 2 is 1.85 bits per heavy atom. The Hall–Kier alpha value is -3.45. The first-order valence-electron chi connectivity index (χ1n) is 12.1. The number of nitrogens with zero attached hydrogens (tertiary/aromatic N) is 5. The zero-order valence-corrected chi connectivity index (χ0v) is 19.5. The molecule has 4 aromatic rings. The van der Waals surface area contributed by atoms with Crippen LogP contribution < -0.4 is 9.64 Å². The molecule has 0 amide bonds. The zero-order valence-electron chi connectivity index (χ0n) is 19.5. The van der Waals surface area contributed by atoms with E-state index in [1.54, 1.807) is 7.11 Å². The van der Waals surface area contributed by atoms with Gasteiger partial charge in [0.2, 0.25) is 5.95 Å². The lowest BCUT2D eigenvalue weighted by Gasteiger charge is -2.24. The lowest BCUT2D eigenvalue weighted by Crippen LogP contribution is -2.27. The molecule has 34 heavy (non-hydrogen) atoms. The zero-order chi connectivity index (χ0) is 22.9. The third-order valence-electron chi connectivity index (χ3n) is 6.96. The lowest BCUT2D eigenvalue weighted by atomic mass is 9.84. The molecule has 1 fully saturated rings. The van der Waals surface area contributed by atoms with Gasteiger partial charge in [-0.2, -0.15) is 0 Å². The molecule has 1 atom stereocenters. The second-order valence-corrected chi connectivity index (χ2v) is 9.00. The molecule has 3 aromatic heterocycles. The number of aromatic nitrogens is 4. The number of hydrogen-bond acceptors (Lipinski definition) is 6. The SMILES string of the molecule is COc1ccccc1C1CCCc2nc3ccc(-c4cnc(N5CCCOCC5)nc4)cn3c21. The van der Waals surface area contributed by atoms with Gasteiger partial charge in [0.15, 0.2) is 0 Å². The molecule has 0 saturated carbocycles. The largest absolute Gasteiger partial charge is 0.496 e. The molecule has 7 heteroatoms. The summed E-state index contributed by atoms with van der Waals surface area (Å²) in [6.45, 7) is 3.29. The summed E-state index contributed by atoms with van der Waals surface area (Å²) in [6.07, 6.45) is 10.3. The van der Waals surface area contributed by atoms with Gasteiger partial charge in [0, 0.05) is 60.9 Å². The molecular formula is C27H29N5O2. The minimum atomic E-state index is 0.258. The van der Waals surface area contributed by atoms with Crippen LogP contribution in [0.5, 0.6) is 5.75 Å². The molecule has 0 N–H and O–H groups in total. The summed E-state index contributed by atoms with van der Waals surface area (Å²) >= 11 is 0. The van der Waals surface area contributed by atoms with E-state index < -0.39 is 0 Å². The first-order valence-corrected chi connectivity index (χ1v) is 12.1. The molecule has 174 valence electrons. The van der Waals surface area contributed by atoms with E-state index >= 15 is 0 Å². The maximum atomic E-state index is 5.71. The summed E-state index contributed by atoms with van der Waals surface area (Å²) in [4.78, 5) is 16.5. The van der Waals surface area contributed by atoms with E-state index in [1.165, 1.54) is 17.0 Å². The van der Waals surface area contributed by atoms with Crippen LogP contribution in [0.25, 0.3) is 16.8 Å². The predicted molar refractivity (Wildman–Crippen MR) is 132 cm³/mol. The topological polar surface area (TPSA) is 64.8 Å². The number of anilines is 1. The number of ether oxygens (including phenoxy) is 2. The molecule has 0 bridgehead atoms. The molecule has 1 aliphatic carbocycles. The molecule has 2 aliphatic rings. The van der Waals surface area contributed by atoms with Gasteiger partial charge in [0.05, 0.1) is 25.1 Å². The smallest absolute Gasteiger partial charge is 0.225 e. The molecule has 0 spiro atoms. The average molecular weight is 456 g/mol. The van der Waals surface area contributed by atoms with Crippen molar-refractivity contribution in [3.8, 4) is 16.9 Å². The van der Waals surface area contributed by atoms with Crippen LogP contribution in [0.15, 0.2) is 55.0 Å². The highest BCUT2D eigenvalue weighted by atomic mass is 16.5. The number of pyridine rings is 1. The normalized spacial score (nSPS) is 18.5. The number of fused-ring (bicyclic) bond motifs is 3. The lowest BCUT2D eigenvalue weighted by molar-refractivity contribution is 0.152. The van der Waals surface area contributed by atoms with Crippen molar-refractivity contribution in [2.75, 3.05) is 38.3 Å². The van der Waals surface area contributed by atoms with Gasteiger partial charge < -0.3 is 18.8 Å². The van der Waals surface area contributed by atoms with E-state index in [0.29, 0.717) is 0 Å². The van der Waals surface area contributed by atoms with Crippen molar-refractivity contribution in [2.45, 2.75) is 31.6 Å². The van der Waals surface area contributed by atoms with Crippen LogP contribution in [0.3, 0.4) is 0 Å². The van der Waals surface area contributed by atoms with Gasteiger partial charge in [-0.15, -0.1) is 0 Å². The van der Waals surface area contributed by atoms with Crippen molar-refractivity contribution in [1.82, 2.24) is 19.4 Å². The van der Waals surface area contributed by atoms with Gasteiger partial charge >= 0.3 is 0 Å². The van der Waals surface area contributed by atoms with Crippen molar-refractivity contribution >= 4 is 11.6 Å². The summed E-state index contributed by atoms with van der Waals surface area (Å²) in [7, 11) is 1.75. The number of benzene rings is 1. The third kappa shape index (κ3) is 3.80. The van der Waals surface area contributed by atoms with Crippen molar-refractivity contribution in [2.24, 2.45) is 0 Å². The highest BCUT2D eigenvalue weighted by Crippen LogP contribution is 2.41. The minimum absolute atomic E-state index is 0.258. The Morgan fingerprint density at radius 3 is 2.74 bits per heavy atom.